The van der Waals surface area contributed by atoms with E-state index in [2.05, 4.69) is 36.4 Å². The van der Waals surface area contributed by atoms with Crippen molar-refractivity contribution in [3.63, 3.8) is 0 Å². The number of benzene rings is 3. The van der Waals surface area contributed by atoms with Crippen LogP contribution in [0.2, 0.25) is 0 Å². The van der Waals surface area contributed by atoms with Crippen LogP contribution in [-0.4, -0.2) is 47.6 Å². The number of fused-ring (bicyclic) bond motifs is 5. The van der Waals surface area contributed by atoms with Crippen LogP contribution in [0.15, 0.2) is 48.5 Å². The number of hydrogen-bond acceptors (Lipinski definition) is 5. The van der Waals surface area contributed by atoms with Gasteiger partial charge in [-0.25, -0.2) is 0 Å². The van der Waals surface area contributed by atoms with Gasteiger partial charge in [0.2, 0.25) is 0 Å². The van der Waals surface area contributed by atoms with Crippen LogP contribution in [-0.2, 0) is 15.9 Å². The molecule has 1 heterocycles. The Morgan fingerprint density at radius 2 is 1.22 bits per heavy atom. The standard InChI is InChI=1S/C29H36B2O5/c1-26(2,32)28(5,6)35-30-20-11-14-23-18(15-20)9-12-24-22-13-10-21(16-19(22)17-34-25(23)24)31-36-29(7,8)27(3,4)33/h9-16,32-33H,17H2,1-8H3. The molecule has 0 amide bonds. The Kier molecular flexibility index (Phi) is 6.85. The van der Waals surface area contributed by atoms with Crippen LogP contribution in [0.5, 0.6) is 5.75 Å². The molecule has 5 nitrogen and oxygen atoms in total. The molecule has 7 heteroatoms. The van der Waals surface area contributed by atoms with Crippen molar-refractivity contribution in [2.75, 3.05) is 0 Å². The van der Waals surface area contributed by atoms with Crippen molar-refractivity contribution in [2.24, 2.45) is 0 Å². The summed E-state index contributed by atoms with van der Waals surface area (Å²) < 4.78 is 18.1. The number of aliphatic hydroxyl groups is 2. The van der Waals surface area contributed by atoms with E-state index in [4.69, 9.17) is 14.0 Å². The molecule has 0 atom stereocenters. The molecule has 0 aliphatic carbocycles. The minimum absolute atomic E-state index is 0.467. The summed E-state index contributed by atoms with van der Waals surface area (Å²) in [6, 6.07) is 16.5. The quantitative estimate of drug-likeness (QED) is 0.471. The SMILES string of the molecule is CC(C)(O)C(C)(C)O[B]c1ccc2c(c1)COc1c-2ccc2cc([B]OC(C)(C)C(C)(C)O)ccc12. The number of rotatable bonds is 8. The molecule has 3 aromatic carbocycles. The highest BCUT2D eigenvalue weighted by atomic mass is 16.5. The Balaban J connectivity index is 1.56. The zero-order valence-corrected chi connectivity index (χ0v) is 22.6. The summed E-state index contributed by atoms with van der Waals surface area (Å²) in [4.78, 5) is 0. The van der Waals surface area contributed by atoms with Crippen LogP contribution in [0.3, 0.4) is 0 Å². The van der Waals surface area contributed by atoms with E-state index in [1.54, 1.807) is 42.7 Å². The van der Waals surface area contributed by atoms with Crippen LogP contribution < -0.4 is 15.7 Å². The molecular formula is C29H36B2O5. The van der Waals surface area contributed by atoms with Gasteiger partial charge in [-0.05, 0) is 71.9 Å². The fraction of sp³-hybridized carbons (Fsp3) is 0.448. The minimum atomic E-state index is -0.976. The van der Waals surface area contributed by atoms with Crippen molar-refractivity contribution < 1.29 is 24.3 Å². The Morgan fingerprint density at radius 1 is 0.694 bits per heavy atom. The van der Waals surface area contributed by atoms with Gasteiger partial charge >= 0.3 is 15.0 Å². The van der Waals surface area contributed by atoms with Crippen LogP contribution in [0.25, 0.3) is 21.9 Å². The highest BCUT2D eigenvalue weighted by Gasteiger charge is 2.36. The van der Waals surface area contributed by atoms with Gasteiger partial charge in [-0.3, -0.25) is 0 Å². The molecule has 0 unspecified atom stereocenters. The van der Waals surface area contributed by atoms with E-state index in [-0.39, 0.29) is 0 Å². The van der Waals surface area contributed by atoms with E-state index in [1.165, 1.54) is 0 Å². The van der Waals surface area contributed by atoms with E-state index in [0.717, 1.165) is 44.1 Å². The van der Waals surface area contributed by atoms with Gasteiger partial charge in [0.25, 0.3) is 0 Å². The molecule has 2 N–H and O–H groups in total. The first-order chi connectivity index (χ1) is 16.6. The van der Waals surface area contributed by atoms with E-state index in [9.17, 15) is 10.2 Å². The second-order valence-electron chi connectivity index (χ2n) is 11.7. The molecule has 3 aromatic rings. The second kappa shape index (κ2) is 9.21. The molecule has 0 spiro atoms. The van der Waals surface area contributed by atoms with Crippen molar-refractivity contribution in [2.45, 2.75) is 84.4 Å². The van der Waals surface area contributed by atoms with E-state index < -0.39 is 22.4 Å². The summed E-state index contributed by atoms with van der Waals surface area (Å²) in [5.41, 5.74) is 1.73. The monoisotopic (exact) mass is 486 g/mol. The van der Waals surface area contributed by atoms with Crippen molar-refractivity contribution in [1.82, 2.24) is 0 Å². The molecule has 1 aliphatic rings. The highest BCUT2D eigenvalue weighted by Crippen LogP contribution is 2.41. The fourth-order valence-electron chi connectivity index (χ4n) is 3.70. The third-order valence-electron chi connectivity index (χ3n) is 7.71. The van der Waals surface area contributed by atoms with Gasteiger partial charge in [-0.15, -0.1) is 0 Å². The summed E-state index contributed by atoms with van der Waals surface area (Å²) >= 11 is 0. The van der Waals surface area contributed by atoms with Crippen molar-refractivity contribution in [1.29, 1.82) is 0 Å². The number of hydrogen-bond donors (Lipinski definition) is 2. The summed E-state index contributed by atoms with van der Waals surface area (Å²) in [5, 5.41) is 22.8. The predicted molar refractivity (Wildman–Crippen MR) is 147 cm³/mol. The Hall–Kier alpha value is -2.31. The molecule has 0 saturated carbocycles. The van der Waals surface area contributed by atoms with Gasteiger partial charge in [-0.2, -0.15) is 0 Å². The maximum Gasteiger partial charge on any atom is 0.330 e. The summed E-state index contributed by atoms with van der Waals surface area (Å²) in [5.74, 6) is 0.875. The molecule has 0 saturated heterocycles. The Labute approximate surface area is 216 Å². The number of ether oxygens (including phenoxy) is 1. The van der Waals surface area contributed by atoms with Crippen molar-refractivity contribution in [3.05, 3.63) is 54.1 Å². The van der Waals surface area contributed by atoms with E-state index >= 15 is 0 Å². The van der Waals surface area contributed by atoms with Gasteiger partial charge in [-0.1, -0.05) is 59.5 Å². The van der Waals surface area contributed by atoms with E-state index in [0.29, 0.717) is 6.61 Å². The smallest absolute Gasteiger partial charge is 0.330 e. The lowest BCUT2D eigenvalue weighted by Gasteiger charge is -2.37. The third kappa shape index (κ3) is 5.21. The second-order valence-corrected chi connectivity index (χ2v) is 11.7. The molecule has 1 aliphatic heterocycles. The lowest BCUT2D eigenvalue weighted by atomic mass is 9.80. The molecule has 188 valence electrons. The van der Waals surface area contributed by atoms with Gasteiger partial charge in [0, 0.05) is 10.9 Å². The minimum Gasteiger partial charge on any atom is -0.488 e. The highest BCUT2D eigenvalue weighted by molar-refractivity contribution is 6.47. The zero-order valence-electron chi connectivity index (χ0n) is 22.6. The average molecular weight is 486 g/mol. The predicted octanol–water partition coefficient (Wildman–Crippen LogP) is 4.02. The lowest BCUT2D eigenvalue weighted by Crippen LogP contribution is -2.49. The topological polar surface area (TPSA) is 68.2 Å². The molecule has 0 aromatic heterocycles. The maximum atomic E-state index is 10.3. The summed E-state index contributed by atoms with van der Waals surface area (Å²) in [6.07, 6.45) is 0. The van der Waals surface area contributed by atoms with Crippen molar-refractivity contribution in [3.8, 4) is 16.9 Å². The zero-order chi connectivity index (χ0) is 26.5. The average Bonchev–Trinajstić information content (AvgIpc) is 2.79. The lowest BCUT2D eigenvalue weighted by molar-refractivity contribution is -0.0893. The van der Waals surface area contributed by atoms with Gasteiger partial charge in [0.1, 0.15) is 12.4 Å². The van der Waals surface area contributed by atoms with Crippen LogP contribution in [0.4, 0.5) is 0 Å². The first kappa shape index (κ1) is 26.7. The first-order valence-electron chi connectivity index (χ1n) is 12.4. The Morgan fingerprint density at radius 3 is 1.81 bits per heavy atom. The molecule has 4 rings (SSSR count). The molecule has 0 bridgehead atoms. The van der Waals surface area contributed by atoms with Gasteiger partial charge in [0.05, 0.1) is 22.4 Å². The maximum absolute atomic E-state index is 10.3. The van der Waals surface area contributed by atoms with Gasteiger partial charge in [0.15, 0.2) is 0 Å². The largest absolute Gasteiger partial charge is 0.488 e. The fourth-order valence-corrected chi connectivity index (χ4v) is 3.70. The van der Waals surface area contributed by atoms with Gasteiger partial charge < -0.3 is 24.3 Å². The van der Waals surface area contributed by atoms with Crippen LogP contribution in [0.1, 0.15) is 61.0 Å². The van der Waals surface area contributed by atoms with Crippen LogP contribution >= 0.6 is 0 Å². The van der Waals surface area contributed by atoms with E-state index in [1.807, 2.05) is 39.8 Å². The Bertz CT molecular complexity index is 1270. The van der Waals surface area contributed by atoms with Crippen molar-refractivity contribution >= 4 is 36.7 Å². The molecular weight excluding hydrogens is 450 g/mol. The summed E-state index contributed by atoms with van der Waals surface area (Å²) in [7, 11) is 3.40. The molecule has 0 fully saturated rings. The first-order valence-corrected chi connectivity index (χ1v) is 12.4. The normalized spacial score (nSPS) is 14.2. The van der Waals surface area contributed by atoms with Crippen LogP contribution in [0, 0.1) is 0 Å². The third-order valence-corrected chi connectivity index (χ3v) is 7.71. The summed E-state index contributed by atoms with van der Waals surface area (Å²) in [6.45, 7) is 14.9. The molecule has 2 radical (unpaired) electrons. The molecule has 36 heavy (non-hydrogen) atoms.